The first kappa shape index (κ1) is 16.9. The Kier molecular flexibility index (Phi) is 6.29. The van der Waals surface area contributed by atoms with Crippen molar-refractivity contribution in [1.29, 1.82) is 0 Å². The topological polar surface area (TPSA) is 77.6 Å². The predicted molar refractivity (Wildman–Crippen MR) is 86.9 cm³/mol. The number of carbonyl (C=O) groups is 2. The molecule has 0 unspecified atom stereocenters. The molecule has 1 fully saturated rings. The molecule has 2 heterocycles. The lowest BCUT2D eigenvalue weighted by molar-refractivity contribution is -0.124. The second-order valence-corrected chi connectivity index (χ2v) is 6.55. The maximum absolute atomic E-state index is 11.9. The van der Waals surface area contributed by atoms with Crippen molar-refractivity contribution in [2.45, 2.75) is 19.9 Å². The molecule has 1 aliphatic rings. The number of nitrogens with one attached hydrogen (secondary N) is 2. The lowest BCUT2D eigenvalue weighted by Gasteiger charge is -2.33. The molecule has 0 aliphatic carbocycles. The zero-order chi connectivity index (χ0) is 15.9. The summed E-state index contributed by atoms with van der Waals surface area (Å²) < 4.78 is 0. The van der Waals surface area contributed by atoms with Crippen LogP contribution in [0.2, 0.25) is 0 Å². The summed E-state index contributed by atoms with van der Waals surface area (Å²) in [6.07, 6.45) is 1.67. The highest BCUT2D eigenvalue weighted by Gasteiger charge is 2.20. The van der Waals surface area contributed by atoms with E-state index in [1.54, 1.807) is 6.20 Å². The molecule has 7 nitrogen and oxygen atoms in total. The minimum atomic E-state index is -0.0408. The van der Waals surface area contributed by atoms with Crippen molar-refractivity contribution < 1.29 is 9.59 Å². The molecular formula is C14H23N5O2S. The largest absolute Gasteiger partial charge is 0.353 e. The summed E-state index contributed by atoms with van der Waals surface area (Å²) in [6.45, 7) is 7.89. The molecule has 2 rings (SSSR count). The first-order chi connectivity index (χ1) is 10.5. The Morgan fingerprint density at radius 1 is 1.18 bits per heavy atom. The molecule has 0 aromatic carbocycles. The van der Waals surface area contributed by atoms with Gasteiger partial charge in [0.05, 0.1) is 13.1 Å². The van der Waals surface area contributed by atoms with Gasteiger partial charge in [0.1, 0.15) is 0 Å². The highest BCUT2D eigenvalue weighted by atomic mass is 32.1. The van der Waals surface area contributed by atoms with Gasteiger partial charge in [-0.2, -0.15) is 0 Å². The van der Waals surface area contributed by atoms with E-state index in [2.05, 4.69) is 25.4 Å². The van der Waals surface area contributed by atoms with Crippen molar-refractivity contribution >= 4 is 28.3 Å². The predicted octanol–water partition coefficient (Wildman–Crippen LogP) is 0.224. The van der Waals surface area contributed by atoms with Gasteiger partial charge >= 0.3 is 0 Å². The van der Waals surface area contributed by atoms with Gasteiger partial charge in [0, 0.05) is 43.8 Å². The van der Waals surface area contributed by atoms with Crippen molar-refractivity contribution in [3.05, 3.63) is 11.6 Å². The van der Waals surface area contributed by atoms with Gasteiger partial charge in [-0.05, 0) is 13.8 Å². The normalized spacial score (nSPS) is 16.7. The fourth-order valence-electron chi connectivity index (χ4n) is 2.32. The highest BCUT2D eigenvalue weighted by molar-refractivity contribution is 7.13. The Hall–Kier alpha value is -1.51. The molecule has 0 bridgehead atoms. The van der Waals surface area contributed by atoms with E-state index in [1.807, 2.05) is 19.2 Å². The molecular weight excluding hydrogens is 302 g/mol. The molecule has 8 heteroatoms. The van der Waals surface area contributed by atoms with E-state index in [4.69, 9.17) is 0 Å². The lowest BCUT2D eigenvalue weighted by Crippen LogP contribution is -2.51. The van der Waals surface area contributed by atoms with Gasteiger partial charge in [-0.25, -0.2) is 4.98 Å². The minimum Gasteiger partial charge on any atom is -0.353 e. The van der Waals surface area contributed by atoms with Gasteiger partial charge in [-0.3, -0.25) is 19.4 Å². The van der Waals surface area contributed by atoms with Crippen molar-refractivity contribution in [3.63, 3.8) is 0 Å². The Morgan fingerprint density at radius 2 is 1.77 bits per heavy atom. The number of aromatic nitrogens is 1. The smallest absolute Gasteiger partial charge is 0.240 e. The number of nitrogens with zero attached hydrogens (tertiary/aromatic N) is 3. The van der Waals surface area contributed by atoms with E-state index in [-0.39, 0.29) is 17.9 Å². The van der Waals surface area contributed by atoms with Crippen molar-refractivity contribution in [1.82, 2.24) is 20.1 Å². The highest BCUT2D eigenvalue weighted by Crippen LogP contribution is 2.10. The van der Waals surface area contributed by atoms with Crippen LogP contribution in [0.5, 0.6) is 0 Å². The summed E-state index contributed by atoms with van der Waals surface area (Å²) in [7, 11) is 0. The molecule has 1 aliphatic heterocycles. The fraction of sp³-hybridized carbons (Fsp3) is 0.643. The fourth-order valence-corrected chi connectivity index (χ4v) is 2.87. The van der Waals surface area contributed by atoms with Crippen LogP contribution in [0.3, 0.4) is 0 Å². The molecule has 2 amide bonds. The Balaban J connectivity index is 1.66. The number of piperazine rings is 1. The van der Waals surface area contributed by atoms with Crippen LogP contribution in [0, 0.1) is 0 Å². The van der Waals surface area contributed by atoms with Crippen LogP contribution in [0.15, 0.2) is 11.6 Å². The van der Waals surface area contributed by atoms with Crippen LogP contribution in [0.1, 0.15) is 13.8 Å². The summed E-state index contributed by atoms with van der Waals surface area (Å²) in [4.78, 5) is 31.9. The van der Waals surface area contributed by atoms with E-state index in [1.165, 1.54) is 11.3 Å². The first-order valence-electron chi connectivity index (χ1n) is 7.46. The number of hydrogen-bond donors (Lipinski definition) is 2. The third-order valence-electron chi connectivity index (χ3n) is 3.33. The van der Waals surface area contributed by atoms with Gasteiger partial charge in [-0.15, -0.1) is 11.3 Å². The van der Waals surface area contributed by atoms with Gasteiger partial charge in [0.25, 0.3) is 0 Å². The van der Waals surface area contributed by atoms with E-state index in [0.717, 1.165) is 26.2 Å². The van der Waals surface area contributed by atoms with E-state index in [0.29, 0.717) is 18.2 Å². The molecule has 0 saturated carbocycles. The molecule has 0 atom stereocenters. The van der Waals surface area contributed by atoms with Crippen molar-refractivity contribution in [2.24, 2.45) is 0 Å². The standard InChI is InChI=1S/C14H23N5O2S/c1-11(2)16-12(20)9-18-4-6-19(7-5-18)10-13(21)17-14-15-3-8-22-14/h3,8,11H,4-7,9-10H2,1-2H3,(H,16,20)(H,15,17,21). The molecule has 1 aromatic heterocycles. The molecule has 122 valence electrons. The maximum Gasteiger partial charge on any atom is 0.240 e. The van der Waals surface area contributed by atoms with E-state index >= 15 is 0 Å². The third-order valence-corrected chi connectivity index (χ3v) is 4.02. The molecule has 0 radical (unpaired) electrons. The number of hydrogen-bond acceptors (Lipinski definition) is 6. The zero-order valence-corrected chi connectivity index (χ0v) is 13.9. The number of amides is 2. The van der Waals surface area contributed by atoms with Crippen LogP contribution in [-0.4, -0.2) is 71.9 Å². The van der Waals surface area contributed by atoms with Crippen LogP contribution in [0.4, 0.5) is 5.13 Å². The maximum atomic E-state index is 11.9. The molecule has 22 heavy (non-hydrogen) atoms. The second kappa shape index (κ2) is 8.21. The van der Waals surface area contributed by atoms with Crippen LogP contribution < -0.4 is 10.6 Å². The first-order valence-corrected chi connectivity index (χ1v) is 8.34. The van der Waals surface area contributed by atoms with Gasteiger partial charge in [-0.1, -0.05) is 0 Å². The summed E-state index contributed by atoms with van der Waals surface area (Å²) in [5, 5.41) is 8.14. The van der Waals surface area contributed by atoms with Gasteiger partial charge in [0.2, 0.25) is 11.8 Å². The van der Waals surface area contributed by atoms with Crippen molar-refractivity contribution in [3.8, 4) is 0 Å². The Labute approximate surface area is 134 Å². The zero-order valence-electron chi connectivity index (χ0n) is 13.0. The SMILES string of the molecule is CC(C)NC(=O)CN1CCN(CC(=O)Nc2nccs2)CC1. The molecule has 0 spiro atoms. The quantitative estimate of drug-likeness (QED) is 0.783. The average Bonchev–Trinajstić information content (AvgIpc) is 2.92. The van der Waals surface area contributed by atoms with Crippen LogP contribution in [-0.2, 0) is 9.59 Å². The Bertz CT molecular complexity index is 483. The molecule has 1 aromatic rings. The van der Waals surface area contributed by atoms with Gasteiger partial charge < -0.3 is 10.6 Å². The minimum absolute atomic E-state index is 0.0408. The summed E-state index contributed by atoms with van der Waals surface area (Å²) >= 11 is 1.41. The number of thiazole rings is 1. The monoisotopic (exact) mass is 325 g/mol. The van der Waals surface area contributed by atoms with Crippen LogP contribution in [0.25, 0.3) is 0 Å². The van der Waals surface area contributed by atoms with E-state index in [9.17, 15) is 9.59 Å². The number of anilines is 1. The summed E-state index contributed by atoms with van der Waals surface area (Å²) in [5.41, 5.74) is 0. The lowest BCUT2D eigenvalue weighted by atomic mass is 10.3. The van der Waals surface area contributed by atoms with Gasteiger partial charge in [0.15, 0.2) is 5.13 Å². The molecule has 1 saturated heterocycles. The summed E-state index contributed by atoms with van der Waals surface area (Å²) in [5.74, 6) is 0.0194. The summed E-state index contributed by atoms with van der Waals surface area (Å²) in [6, 6.07) is 0.170. The average molecular weight is 325 g/mol. The number of rotatable bonds is 6. The Morgan fingerprint density at radius 3 is 2.27 bits per heavy atom. The molecule has 2 N–H and O–H groups in total. The number of carbonyl (C=O) groups excluding carboxylic acids is 2. The van der Waals surface area contributed by atoms with Crippen LogP contribution >= 0.6 is 11.3 Å². The third kappa shape index (κ3) is 5.70. The second-order valence-electron chi connectivity index (χ2n) is 5.66. The van der Waals surface area contributed by atoms with E-state index < -0.39 is 0 Å². The van der Waals surface area contributed by atoms with Crippen molar-refractivity contribution in [2.75, 3.05) is 44.6 Å².